The molecule has 0 unspecified atom stereocenters. The molecule has 5 nitrogen and oxygen atoms in total. The standard InChI is InChI=1S/C25H25NO4/c1-18-8-7-9-22(16-18)30-25(26-20-12-14-21(27-3)15-13-20)19(2)17-29-24-11-6-5-10-23(24)28-4/h5-17H,1-4H3/b19-17+,26-25+. The molecule has 0 bridgehead atoms. The highest BCUT2D eigenvalue weighted by atomic mass is 16.5. The molecule has 0 aliphatic heterocycles. The third-order valence-electron chi connectivity index (χ3n) is 4.28. The number of hydrogen-bond donors (Lipinski definition) is 0. The van der Waals surface area contributed by atoms with Crippen LogP contribution >= 0.6 is 0 Å². The van der Waals surface area contributed by atoms with Crippen molar-refractivity contribution >= 4 is 11.6 Å². The van der Waals surface area contributed by atoms with Crippen LogP contribution in [0.4, 0.5) is 5.69 Å². The second kappa shape index (κ2) is 10.2. The average Bonchev–Trinajstić information content (AvgIpc) is 2.77. The van der Waals surface area contributed by atoms with E-state index in [0.29, 0.717) is 23.1 Å². The van der Waals surface area contributed by atoms with Crippen LogP contribution in [-0.2, 0) is 0 Å². The van der Waals surface area contributed by atoms with E-state index in [9.17, 15) is 0 Å². The summed E-state index contributed by atoms with van der Waals surface area (Å²) in [6.07, 6.45) is 1.61. The number of aliphatic imine (C=N–C) groups is 1. The van der Waals surface area contributed by atoms with E-state index in [4.69, 9.17) is 18.9 Å². The highest BCUT2D eigenvalue weighted by Crippen LogP contribution is 2.27. The third-order valence-corrected chi connectivity index (χ3v) is 4.28. The minimum atomic E-state index is 0.431. The van der Waals surface area contributed by atoms with Crippen LogP contribution in [0.2, 0.25) is 0 Å². The first kappa shape index (κ1) is 21.0. The van der Waals surface area contributed by atoms with Crippen molar-refractivity contribution in [2.75, 3.05) is 14.2 Å². The smallest absolute Gasteiger partial charge is 0.225 e. The summed E-state index contributed by atoms with van der Waals surface area (Å²) in [5.74, 6) is 3.16. The number of methoxy groups -OCH3 is 2. The summed E-state index contributed by atoms with van der Waals surface area (Å²) in [6, 6.07) is 22.7. The van der Waals surface area contributed by atoms with E-state index in [1.165, 1.54) is 0 Å². The summed E-state index contributed by atoms with van der Waals surface area (Å²) >= 11 is 0. The van der Waals surface area contributed by atoms with E-state index in [1.54, 1.807) is 20.5 Å². The van der Waals surface area contributed by atoms with Crippen LogP contribution in [0.25, 0.3) is 0 Å². The van der Waals surface area contributed by atoms with Gasteiger partial charge in [-0.25, -0.2) is 4.99 Å². The third kappa shape index (κ3) is 5.64. The van der Waals surface area contributed by atoms with Crippen LogP contribution in [-0.4, -0.2) is 20.1 Å². The number of benzene rings is 3. The second-order valence-electron chi connectivity index (χ2n) is 6.60. The molecule has 0 radical (unpaired) electrons. The Bertz CT molecular complexity index is 1040. The van der Waals surface area contributed by atoms with Crippen LogP contribution in [0.3, 0.4) is 0 Å². The summed E-state index contributed by atoms with van der Waals surface area (Å²) in [5, 5.41) is 0. The molecule has 3 aromatic rings. The van der Waals surface area contributed by atoms with Gasteiger partial charge in [0.25, 0.3) is 0 Å². The van der Waals surface area contributed by atoms with E-state index in [2.05, 4.69) is 4.99 Å². The molecule has 154 valence electrons. The molecule has 0 saturated carbocycles. The van der Waals surface area contributed by atoms with Gasteiger partial charge >= 0.3 is 0 Å². The molecule has 0 heterocycles. The maximum atomic E-state index is 6.10. The van der Waals surface area contributed by atoms with Gasteiger partial charge < -0.3 is 18.9 Å². The molecule has 0 saturated heterocycles. The molecule has 0 aromatic heterocycles. The van der Waals surface area contributed by atoms with Gasteiger partial charge in [-0.3, -0.25) is 0 Å². The predicted octanol–water partition coefficient (Wildman–Crippen LogP) is 6.10. The molecule has 0 spiro atoms. The van der Waals surface area contributed by atoms with Crippen molar-refractivity contribution in [1.29, 1.82) is 0 Å². The normalized spacial score (nSPS) is 11.7. The van der Waals surface area contributed by atoms with Crippen molar-refractivity contribution in [3.8, 4) is 23.0 Å². The molecule has 30 heavy (non-hydrogen) atoms. The van der Waals surface area contributed by atoms with E-state index in [0.717, 1.165) is 22.6 Å². The van der Waals surface area contributed by atoms with Crippen molar-refractivity contribution in [1.82, 2.24) is 0 Å². The molecule has 0 aliphatic rings. The Labute approximate surface area is 177 Å². The summed E-state index contributed by atoms with van der Waals surface area (Å²) in [7, 11) is 3.24. The number of rotatable bonds is 7. The van der Waals surface area contributed by atoms with Gasteiger partial charge in [0.2, 0.25) is 5.90 Å². The van der Waals surface area contributed by atoms with E-state index >= 15 is 0 Å². The molecular formula is C25H25NO4. The zero-order chi connectivity index (χ0) is 21.3. The fourth-order valence-corrected chi connectivity index (χ4v) is 2.67. The van der Waals surface area contributed by atoms with Gasteiger partial charge in [0.1, 0.15) is 11.5 Å². The topological polar surface area (TPSA) is 49.3 Å². The van der Waals surface area contributed by atoms with Gasteiger partial charge in [-0.1, -0.05) is 24.3 Å². The van der Waals surface area contributed by atoms with Crippen molar-refractivity contribution in [2.24, 2.45) is 4.99 Å². The first-order valence-electron chi connectivity index (χ1n) is 9.53. The molecule has 3 aromatic carbocycles. The first-order valence-corrected chi connectivity index (χ1v) is 9.53. The van der Waals surface area contributed by atoms with Crippen molar-refractivity contribution in [2.45, 2.75) is 13.8 Å². The summed E-state index contributed by atoms with van der Waals surface area (Å²) in [5.41, 5.74) is 2.56. The quantitative estimate of drug-likeness (QED) is 0.271. The van der Waals surface area contributed by atoms with Crippen molar-refractivity contribution < 1.29 is 18.9 Å². The number of aryl methyl sites for hydroxylation is 1. The van der Waals surface area contributed by atoms with E-state index < -0.39 is 0 Å². The lowest BCUT2D eigenvalue weighted by Gasteiger charge is -2.12. The van der Waals surface area contributed by atoms with Crippen LogP contribution < -0.4 is 18.9 Å². The molecule has 0 aliphatic carbocycles. The zero-order valence-electron chi connectivity index (χ0n) is 17.6. The molecule has 0 amide bonds. The Morgan fingerprint density at radius 2 is 1.53 bits per heavy atom. The zero-order valence-corrected chi connectivity index (χ0v) is 17.6. The fraction of sp³-hybridized carbons (Fsp3) is 0.160. The Balaban J connectivity index is 1.91. The van der Waals surface area contributed by atoms with Gasteiger partial charge in [-0.2, -0.15) is 0 Å². The van der Waals surface area contributed by atoms with Crippen LogP contribution in [0.1, 0.15) is 12.5 Å². The molecule has 5 heteroatoms. The molecule has 0 atom stereocenters. The highest BCUT2D eigenvalue weighted by Gasteiger charge is 2.09. The van der Waals surface area contributed by atoms with Crippen LogP contribution in [0.15, 0.2) is 89.6 Å². The van der Waals surface area contributed by atoms with Gasteiger partial charge in [-0.15, -0.1) is 0 Å². The van der Waals surface area contributed by atoms with Crippen molar-refractivity contribution in [3.63, 3.8) is 0 Å². The molecular weight excluding hydrogens is 378 g/mol. The van der Waals surface area contributed by atoms with Crippen LogP contribution in [0, 0.1) is 6.92 Å². The maximum Gasteiger partial charge on any atom is 0.225 e. The Kier molecular flexibility index (Phi) is 7.11. The van der Waals surface area contributed by atoms with Gasteiger partial charge in [0, 0.05) is 5.57 Å². The first-order chi connectivity index (χ1) is 14.6. The van der Waals surface area contributed by atoms with E-state index in [-0.39, 0.29) is 0 Å². The Hall–Kier alpha value is -3.73. The van der Waals surface area contributed by atoms with Gasteiger partial charge in [0.05, 0.1) is 26.2 Å². The fourth-order valence-electron chi connectivity index (χ4n) is 2.67. The SMILES string of the molecule is COc1ccc(/N=C(Oc2cccc(C)c2)\C(C)=C\Oc2ccccc2OC)cc1. The van der Waals surface area contributed by atoms with E-state index in [1.807, 2.05) is 86.6 Å². The number of nitrogens with zero attached hydrogens (tertiary/aromatic N) is 1. The summed E-state index contributed by atoms with van der Waals surface area (Å²) in [4.78, 5) is 4.67. The molecule has 0 N–H and O–H groups in total. The van der Waals surface area contributed by atoms with Gasteiger partial charge in [-0.05, 0) is 67.9 Å². The lowest BCUT2D eigenvalue weighted by atomic mass is 10.2. The summed E-state index contributed by atoms with van der Waals surface area (Å²) < 4.78 is 22.5. The molecule has 3 rings (SSSR count). The minimum absolute atomic E-state index is 0.431. The lowest BCUT2D eigenvalue weighted by Crippen LogP contribution is -2.11. The number of para-hydroxylation sites is 2. The second-order valence-corrected chi connectivity index (χ2v) is 6.60. The summed E-state index contributed by atoms with van der Waals surface area (Å²) in [6.45, 7) is 3.90. The largest absolute Gasteiger partial charge is 0.497 e. The monoisotopic (exact) mass is 403 g/mol. The predicted molar refractivity (Wildman–Crippen MR) is 119 cm³/mol. The van der Waals surface area contributed by atoms with Crippen LogP contribution in [0.5, 0.6) is 23.0 Å². The highest BCUT2D eigenvalue weighted by molar-refractivity contribution is 5.96. The average molecular weight is 403 g/mol. The maximum absolute atomic E-state index is 6.10. The Morgan fingerprint density at radius 3 is 2.20 bits per heavy atom. The van der Waals surface area contributed by atoms with Gasteiger partial charge in [0.15, 0.2) is 11.5 Å². The number of hydrogen-bond acceptors (Lipinski definition) is 5. The Morgan fingerprint density at radius 1 is 0.800 bits per heavy atom. The minimum Gasteiger partial charge on any atom is -0.497 e. The molecule has 0 fully saturated rings. The lowest BCUT2D eigenvalue weighted by molar-refractivity contribution is 0.377. The van der Waals surface area contributed by atoms with Crippen molar-refractivity contribution in [3.05, 3.63) is 90.2 Å². The number of ether oxygens (including phenoxy) is 4.